The fourth-order valence-electron chi connectivity index (χ4n) is 3.26. The highest BCUT2D eigenvalue weighted by Gasteiger charge is 2.32. The second kappa shape index (κ2) is 7.27. The molecule has 27 heavy (non-hydrogen) atoms. The number of nitrogens with one attached hydrogen (secondary N) is 1. The standard InChI is InChI=1S/C20H15Cl2N3O2/c21-14-6-5-12(7-15(14)22)16-9-17(24-10-23-16)20(27)25-19-13-4-2-1-3-11(13)8-18(19)26/h1-7,9-10,18-19,26H,8H2,(H,25,27). The monoisotopic (exact) mass is 399 g/mol. The summed E-state index contributed by atoms with van der Waals surface area (Å²) in [4.78, 5) is 21.0. The number of aliphatic hydroxyl groups excluding tert-OH is 1. The summed E-state index contributed by atoms with van der Waals surface area (Å²) in [7, 11) is 0. The van der Waals surface area contributed by atoms with Crippen molar-refractivity contribution in [2.24, 2.45) is 0 Å². The third-order valence-corrected chi connectivity index (χ3v) is 5.34. The number of carbonyl (C=O) groups is 1. The van der Waals surface area contributed by atoms with Crippen molar-refractivity contribution in [3.8, 4) is 11.3 Å². The highest BCUT2D eigenvalue weighted by Crippen LogP contribution is 2.32. The van der Waals surface area contributed by atoms with Crippen LogP contribution in [0, 0.1) is 0 Å². The molecule has 1 heterocycles. The van der Waals surface area contributed by atoms with E-state index in [0.29, 0.717) is 22.2 Å². The summed E-state index contributed by atoms with van der Waals surface area (Å²) in [6.45, 7) is 0. The van der Waals surface area contributed by atoms with E-state index < -0.39 is 12.1 Å². The molecular weight excluding hydrogens is 385 g/mol. The van der Waals surface area contributed by atoms with E-state index in [1.54, 1.807) is 24.3 Å². The Hall–Kier alpha value is -2.47. The number of benzene rings is 2. The van der Waals surface area contributed by atoms with Gasteiger partial charge in [0.2, 0.25) is 0 Å². The average Bonchev–Trinajstić information content (AvgIpc) is 2.99. The van der Waals surface area contributed by atoms with E-state index in [-0.39, 0.29) is 11.6 Å². The molecule has 1 aliphatic carbocycles. The predicted octanol–water partition coefficient (Wildman–Crippen LogP) is 3.84. The molecule has 0 saturated carbocycles. The maximum absolute atomic E-state index is 12.7. The molecule has 5 nitrogen and oxygen atoms in total. The van der Waals surface area contributed by atoms with Crippen molar-refractivity contribution in [2.45, 2.75) is 18.6 Å². The lowest BCUT2D eigenvalue weighted by atomic mass is 10.1. The van der Waals surface area contributed by atoms with Gasteiger partial charge in [-0.2, -0.15) is 0 Å². The molecule has 0 bridgehead atoms. The fourth-order valence-corrected chi connectivity index (χ4v) is 3.56. The highest BCUT2D eigenvalue weighted by molar-refractivity contribution is 6.42. The lowest BCUT2D eigenvalue weighted by molar-refractivity contribution is 0.0853. The first-order valence-corrected chi connectivity index (χ1v) is 9.13. The van der Waals surface area contributed by atoms with Gasteiger partial charge in [0.25, 0.3) is 5.91 Å². The van der Waals surface area contributed by atoms with E-state index in [0.717, 1.165) is 16.7 Å². The summed E-state index contributed by atoms with van der Waals surface area (Å²) < 4.78 is 0. The van der Waals surface area contributed by atoms with Gasteiger partial charge >= 0.3 is 0 Å². The molecular formula is C20H15Cl2N3O2. The maximum atomic E-state index is 12.7. The van der Waals surface area contributed by atoms with Gasteiger partial charge in [-0.1, -0.05) is 53.5 Å². The van der Waals surface area contributed by atoms with Crippen LogP contribution in [0.2, 0.25) is 10.0 Å². The van der Waals surface area contributed by atoms with Crippen LogP contribution in [-0.4, -0.2) is 27.1 Å². The van der Waals surface area contributed by atoms with Gasteiger partial charge in [-0.15, -0.1) is 0 Å². The Kier molecular flexibility index (Phi) is 4.83. The number of fused-ring (bicyclic) bond motifs is 1. The number of aliphatic hydroxyl groups is 1. The number of hydrogen-bond acceptors (Lipinski definition) is 4. The van der Waals surface area contributed by atoms with Gasteiger partial charge in [0.05, 0.1) is 27.9 Å². The summed E-state index contributed by atoms with van der Waals surface area (Å²) in [5.74, 6) is -0.375. The second-order valence-corrected chi connectivity index (χ2v) is 7.15. The number of nitrogens with zero attached hydrogens (tertiary/aromatic N) is 2. The normalized spacial score (nSPS) is 18.2. The Morgan fingerprint density at radius 3 is 2.70 bits per heavy atom. The van der Waals surface area contributed by atoms with Gasteiger partial charge in [0.15, 0.2) is 0 Å². The molecule has 2 N–H and O–H groups in total. The lowest BCUT2D eigenvalue weighted by Gasteiger charge is -2.17. The van der Waals surface area contributed by atoms with Gasteiger partial charge in [-0.25, -0.2) is 9.97 Å². The molecule has 2 atom stereocenters. The summed E-state index contributed by atoms with van der Waals surface area (Å²) in [5, 5.41) is 14.0. The van der Waals surface area contributed by atoms with E-state index in [1.807, 2.05) is 24.3 Å². The number of carbonyl (C=O) groups excluding carboxylic acids is 1. The zero-order valence-electron chi connectivity index (χ0n) is 14.1. The van der Waals surface area contributed by atoms with Crippen LogP contribution in [0.3, 0.4) is 0 Å². The maximum Gasteiger partial charge on any atom is 0.270 e. The third kappa shape index (κ3) is 3.54. The van der Waals surface area contributed by atoms with E-state index in [1.165, 1.54) is 6.33 Å². The van der Waals surface area contributed by atoms with Crippen molar-refractivity contribution in [3.05, 3.63) is 81.7 Å². The first-order valence-electron chi connectivity index (χ1n) is 8.37. The molecule has 7 heteroatoms. The first-order chi connectivity index (χ1) is 13.0. The summed E-state index contributed by atoms with van der Waals surface area (Å²) in [6.07, 6.45) is 1.17. The predicted molar refractivity (Wildman–Crippen MR) is 104 cm³/mol. The van der Waals surface area contributed by atoms with Crippen molar-refractivity contribution in [1.29, 1.82) is 0 Å². The second-order valence-electron chi connectivity index (χ2n) is 6.34. The molecule has 0 aliphatic heterocycles. The Morgan fingerprint density at radius 2 is 1.89 bits per heavy atom. The fraction of sp³-hybridized carbons (Fsp3) is 0.150. The molecule has 1 aliphatic rings. The van der Waals surface area contributed by atoms with Crippen LogP contribution < -0.4 is 5.32 Å². The zero-order chi connectivity index (χ0) is 19.0. The van der Waals surface area contributed by atoms with Crippen LogP contribution in [0.5, 0.6) is 0 Å². The topological polar surface area (TPSA) is 75.1 Å². The van der Waals surface area contributed by atoms with Crippen molar-refractivity contribution in [3.63, 3.8) is 0 Å². The summed E-state index contributed by atoms with van der Waals surface area (Å²) in [5.41, 5.74) is 3.46. The van der Waals surface area contributed by atoms with Crippen LogP contribution in [0.1, 0.15) is 27.7 Å². The largest absolute Gasteiger partial charge is 0.390 e. The quantitative estimate of drug-likeness (QED) is 0.701. The SMILES string of the molecule is O=C(NC1c2ccccc2CC1O)c1cc(-c2ccc(Cl)c(Cl)c2)ncn1. The molecule has 0 radical (unpaired) electrons. The Balaban J connectivity index is 1.59. The van der Waals surface area contributed by atoms with Gasteiger partial charge in [-0.05, 0) is 29.3 Å². The minimum absolute atomic E-state index is 0.211. The molecule has 1 aromatic heterocycles. The van der Waals surface area contributed by atoms with E-state index in [9.17, 15) is 9.90 Å². The molecule has 2 aromatic carbocycles. The number of amides is 1. The average molecular weight is 400 g/mol. The van der Waals surface area contributed by atoms with Crippen LogP contribution in [-0.2, 0) is 6.42 Å². The van der Waals surface area contributed by atoms with Gasteiger partial charge in [0, 0.05) is 12.0 Å². The molecule has 0 spiro atoms. The van der Waals surface area contributed by atoms with Gasteiger partial charge in [-0.3, -0.25) is 4.79 Å². The van der Waals surface area contributed by atoms with Crippen molar-refractivity contribution >= 4 is 29.1 Å². The van der Waals surface area contributed by atoms with E-state index in [2.05, 4.69) is 15.3 Å². The summed E-state index contributed by atoms with van der Waals surface area (Å²) in [6, 6.07) is 13.9. The van der Waals surface area contributed by atoms with Crippen molar-refractivity contribution in [2.75, 3.05) is 0 Å². The Bertz CT molecular complexity index is 1030. The molecule has 1 amide bonds. The minimum Gasteiger partial charge on any atom is -0.390 e. The molecule has 136 valence electrons. The molecule has 2 unspecified atom stereocenters. The number of hydrogen-bond donors (Lipinski definition) is 2. The number of aromatic nitrogens is 2. The van der Waals surface area contributed by atoms with Crippen LogP contribution in [0.4, 0.5) is 0 Å². The molecule has 4 rings (SSSR count). The molecule has 0 saturated heterocycles. The Labute approximate surface area is 166 Å². The van der Waals surface area contributed by atoms with Crippen molar-refractivity contribution < 1.29 is 9.90 Å². The number of halogens is 2. The van der Waals surface area contributed by atoms with Crippen molar-refractivity contribution in [1.82, 2.24) is 15.3 Å². The lowest BCUT2D eigenvalue weighted by Crippen LogP contribution is -2.34. The summed E-state index contributed by atoms with van der Waals surface area (Å²) >= 11 is 12.0. The van der Waals surface area contributed by atoms with Crippen LogP contribution >= 0.6 is 23.2 Å². The van der Waals surface area contributed by atoms with E-state index in [4.69, 9.17) is 23.2 Å². The Morgan fingerprint density at radius 1 is 1.07 bits per heavy atom. The zero-order valence-corrected chi connectivity index (χ0v) is 15.6. The van der Waals surface area contributed by atoms with E-state index >= 15 is 0 Å². The minimum atomic E-state index is -0.664. The first kappa shape index (κ1) is 17.9. The molecule has 0 fully saturated rings. The van der Waals surface area contributed by atoms with Gasteiger partial charge < -0.3 is 10.4 Å². The van der Waals surface area contributed by atoms with Crippen LogP contribution in [0.25, 0.3) is 11.3 Å². The third-order valence-electron chi connectivity index (χ3n) is 4.61. The van der Waals surface area contributed by atoms with Gasteiger partial charge in [0.1, 0.15) is 12.0 Å². The molecule has 3 aromatic rings. The number of rotatable bonds is 3. The van der Waals surface area contributed by atoms with Crippen LogP contribution in [0.15, 0.2) is 54.9 Å². The smallest absolute Gasteiger partial charge is 0.270 e. The highest BCUT2D eigenvalue weighted by atomic mass is 35.5.